The van der Waals surface area contributed by atoms with E-state index in [9.17, 15) is 9.18 Å². The summed E-state index contributed by atoms with van der Waals surface area (Å²) in [5, 5.41) is 7.81. The smallest absolute Gasteiger partial charge is 0.318 e. The summed E-state index contributed by atoms with van der Waals surface area (Å²) in [4.78, 5) is 16.2. The molecule has 0 spiro atoms. The van der Waals surface area contributed by atoms with Crippen molar-refractivity contribution in [3.63, 3.8) is 0 Å². The number of amides is 1. The first-order valence-electron chi connectivity index (χ1n) is 7.82. The van der Waals surface area contributed by atoms with Gasteiger partial charge in [-0.3, -0.25) is 4.79 Å². The van der Waals surface area contributed by atoms with Gasteiger partial charge in [-0.2, -0.15) is 0 Å². The van der Waals surface area contributed by atoms with E-state index in [4.69, 9.17) is 4.42 Å². The first kappa shape index (κ1) is 16.2. The van der Waals surface area contributed by atoms with Crippen LogP contribution in [0.1, 0.15) is 18.4 Å². The zero-order chi connectivity index (χ0) is 17.1. The second kappa shape index (κ2) is 6.82. The van der Waals surface area contributed by atoms with Crippen molar-refractivity contribution >= 4 is 18.0 Å². The molecule has 1 saturated heterocycles. The number of hydrogen-bond donors (Lipinski definition) is 0. The number of anilines is 1. The van der Waals surface area contributed by atoms with Gasteiger partial charge in [0, 0.05) is 44.2 Å². The monoisotopic (exact) mass is 330 g/mol. The molecular formula is C17H19FN4O2. The molecule has 0 radical (unpaired) electrons. The topological polar surface area (TPSA) is 62.5 Å². The average molecular weight is 330 g/mol. The highest BCUT2D eigenvalue weighted by molar-refractivity contribution is 5.97. The number of benzene rings is 1. The maximum absolute atomic E-state index is 13.7. The molecule has 0 N–H and O–H groups in total. The molecule has 1 aliphatic rings. The van der Waals surface area contributed by atoms with E-state index >= 15 is 0 Å². The molecule has 6 nitrogen and oxygen atoms in total. The number of nitrogens with zero attached hydrogens (tertiary/aromatic N) is 4. The van der Waals surface area contributed by atoms with Crippen LogP contribution in [0.3, 0.4) is 0 Å². The Morgan fingerprint density at radius 3 is 2.54 bits per heavy atom. The minimum absolute atomic E-state index is 0.0837. The molecule has 0 bridgehead atoms. The van der Waals surface area contributed by atoms with E-state index in [0.29, 0.717) is 49.2 Å². The minimum Gasteiger partial charge on any atom is -0.408 e. The Morgan fingerprint density at radius 2 is 1.92 bits per heavy atom. The van der Waals surface area contributed by atoms with E-state index in [-0.39, 0.29) is 11.7 Å². The van der Waals surface area contributed by atoms with Crippen LogP contribution in [-0.4, -0.2) is 47.2 Å². The lowest BCUT2D eigenvalue weighted by Crippen LogP contribution is -2.49. The molecule has 7 heteroatoms. The Hall–Kier alpha value is -2.70. The van der Waals surface area contributed by atoms with Crippen LogP contribution in [0.25, 0.3) is 6.08 Å². The van der Waals surface area contributed by atoms with E-state index in [2.05, 4.69) is 10.2 Å². The quantitative estimate of drug-likeness (QED) is 0.808. The first-order chi connectivity index (χ1) is 11.5. The number of carbonyl (C=O) groups is 1. The normalized spacial score (nSPS) is 15.7. The molecule has 1 aromatic carbocycles. The molecule has 1 fully saturated rings. The van der Waals surface area contributed by atoms with Crippen molar-refractivity contribution in [3.05, 3.63) is 47.1 Å². The molecule has 0 atom stereocenters. The van der Waals surface area contributed by atoms with Crippen molar-refractivity contribution in [3.8, 4) is 0 Å². The van der Waals surface area contributed by atoms with Crippen LogP contribution < -0.4 is 4.90 Å². The predicted molar refractivity (Wildman–Crippen MR) is 87.9 cm³/mol. The van der Waals surface area contributed by atoms with Gasteiger partial charge in [0.05, 0.1) is 0 Å². The molecule has 0 saturated carbocycles. The van der Waals surface area contributed by atoms with Gasteiger partial charge in [-0.15, -0.1) is 5.10 Å². The van der Waals surface area contributed by atoms with Crippen LogP contribution in [-0.2, 0) is 4.79 Å². The lowest BCUT2D eigenvalue weighted by molar-refractivity contribution is -0.127. The first-order valence-corrected chi connectivity index (χ1v) is 7.82. The number of halogens is 1. The maximum Gasteiger partial charge on any atom is 0.318 e. The number of rotatable bonds is 3. The fourth-order valence-electron chi connectivity index (χ4n) is 2.65. The van der Waals surface area contributed by atoms with Gasteiger partial charge in [0.2, 0.25) is 11.8 Å². The van der Waals surface area contributed by atoms with Gasteiger partial charge in [0.15, 0.2) is 0 Å². The maximum atomic E-state index is 13.7. The standard InChI is InChI=1S/C17H19FN4O2/c1-12(11-14-5-3-4-6-15(14)18)16(23)21-7-9-22(10-8-21)17-20-19-13(2)24-17/h3-6,11H,7-10H2,1-2H3/b12-11+. The molecule has 2 heterocycles. The number of piperazine rings is 1. The number of aromatic nitrogens is 2. The molecular weight excluding hydrogens is 311 g/mol. The van der Waals surface area contributed by atoms with Crippen molar-refractivity contribution in [1.29, 1.82) is 0 Å². The second-order valence-electron chi connectivity index (χ2n) is 5.73. The van der Waals surface area contributed by atoms with Gasteiger partial charge in [0.1, 0.15) is 5.82 Å². The van der Waals surface area contributed by atoms with Crippen LogP contribution in [0.5, 0.6) is 0 Å². The summed E-state index contributed by atoms with van der Waals surface area (Å²) in [6, 6.07) is 6.90. The third-order valence-corrected chi connectivity index (χ3v) is 3.97. The van der Waals surface area contributed by atoms with Gasteiger partial charge in [0.25, 0.3) is 0 Å². The van der Waals surface area contributed by atoms with Crippen molar-refractivity contribution in [1.82, 2.24) is 15.1 Å². The second-order valence-corrected chi connectivity index (χ2v) is 5.73. The Labute approximate surface area is 139 Å². The predicted octanol–water partition coefficient (Wildman–Crippen LogP) is 2.27. The zero-order valence-electron chi connectivity index (χ0n) is 13.7. The van der Waals surface area contributed by atoms with Gasteiger partial charge < -0.3 is 14.2 Å². The van der Waals surface area contributed by atoms with Gasteiger partial charge in [-0.1, -0.05) is 23.3 Å². The zero-order valence-corrected chi connectivity index (χ0v) is 13.7. The Morgan fingerprint density at radius 1 is 1.21 bits per heavy atom. The van der Waals surface area contributed by atoms with E-state index in [1.807, 2.05) is 4.90 Å². The molecule has 1 aliphatic heterocycles. The molecule has 2 aromatic rings. The van der Waals surface area contributed by atoms with Crippen LogP contribution in [0.4, 0.5) is 10.4 Å². The molecule has 3 rings (SSSR count). The van der Waals surface area contributed by atoms with E-state index < -0.39 is 0 Å². The van der Waals surface area contributed by atoms with Gasteiger partial charge in [-0.25, -0.2) is 4.39 Å². The lowest BCUT2D eigenvalue weighted by atomic mass is 10.1. The molecule has 1 amide bonds. The van der Waals surface area contributed by atoms with Crippen LogP contribution in [0.15, 0.2) is 34.3 Å². The summed E-state index contributed by atoms with van der Waals surface area (Å²) in [5.74, 6) is 0.105. The molecule has 0 aliphatic carbocycles. The Bertz CT molecular complexity index is 763. The highest BCUT2D eigenvalue weighted by atomic mass is 19.1. The SMILES string of the molecule is C/C(=C\c1ccccc1F)C(=O)N1CCN(c2nnc(C)o2)CC1. The van der Waals surface area contributed by atoms with Crippen molar-refractivity contribution in [2.24, 2.45) is 0 Å². The summed E-state index contributed by atoms with van der Waals surface area (Å²) in [6.07, 6.45) is 1.59. The minimum atomic E-state index is -0.332. The fourth-order valence-corrected chi connectivity index (χ4v) is 2.65. The van der Waals surface area contributed by atoms with E-state index in [1.165, 1.54) is 6.07 Å². The number of carbonyl (C=O) groups excluding carboxylic acids is 1. The van der Waals surface area contributed by atoms with Crippen molar-refractivity contribution < 1.29 is 13.6 Å². The van der Waals surface area contributed by atoms with Gasteiger partial charge >= 0.3 is 6.01 Å². The summed E-state index contributed by atoms with van der Waals surface area (Å²) >= 11 is 0. The highest BCUT2D eigenvalue weighted by Crippen LogP contribution is 2.17. The van der Waals surface area contributed by atoms with Crippen molar-refractivity contribution in [2.45, 2.75) is 13.8 Å². The molecule has 0 unspecified atom stereocenters. The molecule has 126 valence electrons. The Kier molecular flexibility index (Phi) is 4.59. The summed E-state index contributed by atoms with van der Waals surface area (Å²) in [5.41, 5.74) is 0.936. The highest BCUT2D eigenvalue weighted by Gasteiger charge is 2.24. The number of aryl methyl sites for hydroxylation is 1. The molecule has 24 heavy (non-hydrogen) atoms. The van der Waals surface area contributed by atoms with Crippen LogP contribution >= 0.6 is 0 Å². The molecule has 1 aromatic heterocycles. The Balaban J connectivity index is 1.63. The van der Waals surface area contributed by atoms with Crippen LogP contribution in [0.2, 0.25) is 0 Å². The largest absolute Gasteiger partial charge is 0.408 e. The lowest BCUT2D eigenvalue weighted by Gasteiger charge is -2.33. The summed E-state index contributed by atoms with van der Waals surface area (Å²) in [6.45, 7) is 5.82. The average Bonchev–Trinajstić information content (AvgIpc) is 3.03. The summed E-state index contributed by atoms with van der Waals surface area (Å²) in [7, 11) is 0. The van der Waals surface area contributed by atoms with Crippen LogP contribution in [0, 0.1) is 12.7 Å². The third kappa shape index (κ3) is 3.45. The third-order valence-electron chi connectivity index (χ3n) is 3.97. The van der Waals surface area contributed by atoms with E-state index in [1.54, 1.807) is 43.0 Å². The van der Waals surface area contributed by atoms with Crippen molar-refractivity contribution in [2.75, 3.05) is 31.1 Å². The van der Waals surface area contributed by atoms with E-state index in [0.717, 1.165) is 0 Å². The number of hydrogen-bond acceptors (Lipinski definition) is 5. The fraction of sp³-hybridized carbons (Fsp3) is 0.353. The summed E-state index contributed by atoms with van der Waals surface area (Å²) < 4.78 is 19.1. The van der Waals surface area contributed by atoms with Gasteiger partial charge in [-0.05, 0) is 19.1 Å².